The monoisotopic (exact) mass is 265 g/mol. The Morgan fingerprint density at radius 3 is 2.78 bits per heavy atom. The van der Waals surface area contributed by atoms with Crippen molar-refractivity contribution in [2.24, 2.45) is 5.92 Å². The maximum atomic E-state index is 10.3. The smallest absolute Gasteiger partial charge is 0.0954 e. The number of rotatable bonds is 3. The molecule has 2 atom stereocenters. The molecule has 2 rings (SSSR count). The molecular formula is C15H23NOS. The van der Waals surface area contributed by atoms with E-state index >= 15 is 0 Å². The fourth-order valence-corrected chi connectivity index (χ4v) is 3.33. The largest absolute Gasteiger partial charge is 0.392 e. The number of allylic oxidation sites excluding steroid dienone is 2. The van der Waals surface area contributed by atoms with Gasteiger partial charge in [0.05, 0.1) is 16.8 Å². The van der Waals surface area contributed by atoms with Gasteiger partial charge in [0.25, 0.3) is 0 Å². The second-order valence-electron chi connectivity index (χ2n) is 6.19. The molecule has 0 aromatic carbocycles. The average Bonchev–Trinajstić information content (AvgIpc) is 2.78. The van der Waals surface area contributed by atoms with Crippen molar-refractivity contribution in [3.63, 3.8) is 0 Å². The van der Waals surface area contributed by atoms with Crippen LogP contribution in [0.1, 0.15) is 50.7 Å². The van der Waals surface area contributed by atoms with Gasteiger partial charge >= 0.3 is 0 Å². The summed E-state index contributed by atoms with van der Waals surface area (Å²) in [6.07, 6.45) is 8.10. The summed E-state index contributed by atoms with van der Waals surface area (Å²) in [6, 6.07) is 0. The van der Waals surface area contributed by atoms with Crippen molar-refractivity contribution in [1.29, 1.82) is 0 Å². The Morgan fingerprint density at radius 2 is 2.22 bits per heavy atom. The molecule has 0 saturated heterocycles. The predicted molar refractivity (Wildman–Crippen MR) is 77.0 cm³/mol. The molecule has 0 amide bonds. The van der Waals surface area contributed by atoms with Crippen molar-refractivity contribution in [2.45, 2.75) is 58.0 Å². The molecular weight excluding hydrogens is 242 g/mol. The van der Waals surface area contributed by atoms with Crippen LogP contribution in [0.4, 0.5) is 0 Å². The standard InChI is InChI=1S/C15H23NOS/c1-15(2,3)13-10-18-14(16-13)9-12(17)11-7-5-4-6-8-11/h4-5,10-12,17H,6-9H2,1-3H3. The second kappa shape index (κ2) is 5.54. The molecule has 0 aliphatic heterocycles. The summed E-state index contributed by atoms with van der Waals surface area (Å²) in [4.78, 5) is 4.66. The number of aliphatic hydroxyl groups excluding tert-OH is 1. The van der Waals surface area contributed by atoms with E-state index in [0.717, 1.165) is 30.0 Å². The summed E-state index contributed by atoms with van der Waals surface area (Å²) in [5.41, 5.74) is 1.24. The molecule has 18 heavy (non-hydrogen) atoms. The number of nitrogens with zero attached hydrogens (tertiary/aromatic N) is 1. The summed E-state index contributed by atoms with van der Waals surface area (Å²) >= 11 is 1.68. The first-order chi connectivity index (χ1) is 8.47. The van der Waals surface area contributed by atoms with E-state index in [0.29, 0.717) is 12.3 Å². The van der Waals surface area contributed by atoms with Crippen molar-refractivity contribution < 1.29 is 5.11 Å². The summed E-state index contributed by atoms with van der Waals surface area (Å²) in [6.45, 7) is 6.52. The molecule has 1 aliphatic rings. The van der Waals surface area contributed by atoms with E-state index in [-0.39, 0.29) is 11.5 Å². The molecule has 0 radical (unpaired) electrons. The first-order valence-corrected chi connectivity index (χ1v) is 7.63. The zero-order chi connectivity index (χ0) is 13.2. The molecule has 3 heteroatoms. The van der Waals surface area contributed by atoms with Gasteiger partial charge in [-0.2, -0.15) is 0 Å². The Bertz CT molecular complexity index is 416. The lowest BCUT2D eigenvalue weighted by atomic mass is 9.88. The lowest BCUT2D eigenvalue weighted by molar-refractivity contribution is 0.102. The lowest BCUT2D eigenvalue weighted by Crippen LogP contribution is -2.23. The second-order valence-corrected chi connectivity index (χ2v) is 7.14. The molecule has 1 N–H and O–H groups in total. The van der Waals surface area contributed by atoms with Gasteiger partial charge < -0.3 is 5.11 Å². The van der Waals surface area contributed by atoms with Crippen molar-refractivity contribution in [2.75, 3.05) is 0 Å². The fraction of sp³-hybridized carbons (Fsp3) is 0.667. The highest BCUT2D eigenvalue weighted by molar-refractivity contribution is 7.09. The maximum absolute atomic E-state index is 10.3. The molecule has 1 aromatic rings. The molecule has 1 heterocycles. The molecule has 0 saturated carbocycles. The van der Waals surface area contributed by atoms with Crippen LogP contribution in [0, 0.1) is 5.92 Å². The van der Waals surface area contributed by atoms with Crippen molar-refractivity contribution in [3.05, 3.63) is 28.2 Å². The molecule has 0 bridgehead atoms. The Balaban J connectivity index is 1.96. The van der Waals surface area contributed by atoms with Crippen LogP contribution in [-0.4, -0.2) is 16.2 Å². The molecule has 0 spiro atoms. The quantitative estimate of drug-likeness (QED) is 0.845. The summed E-state index contributed by atoms with van der Waals surface area (Å²) < 4.78 is 0. The predicted octanol–water partition coefficient (Wildman–Crippen LogP) is 3.70. The van der Waals surface area contributed by atoms with E-state index in [4.69, 9.17) is 0 Å². The molecule has 2 nitrogen and oxygen atoms in total. The van der Waals surface area contributed by atoms with Gasteiger partial charge in [0.2, 0.25) is 0 Å². The molecule has 1 aromatic heterocycles. The molecule has 0 fully saturated rings. The summed E-state index contributed by atoms with van der Waals surface area (Å²) in [7, 11) is 0. The van der Waals surface area contributed by atoms with Gasteiger partial charge in [-0.05, 0) is 25.2 Å². The Kier molecular flexibility index (Phi) is 4.23. The normalized spacial score (nSPS) is 22.1. The topological polar surface area (TPSA) is 33.1 Å². The highest BCUT2D eigenvalue weighted by atomic mass is 32.1. The van der Waals surface area contributed by atoms with Crippen molar-refractivity contribution in [1.82, 2.24) is 4.98 Å². The Labute approximate surface area is 114 Å². The van der Waals surface area contributed by atoms with Gasteiger partial charge in [-0.3, -0.25) is 0 Å². The van der Waals surface area contributed by atoms with Gasteiger partial charge in [0.1, 0.15) is 0 Å². The van der Waals surface area contributed by atoms with E-state index in [1.54, 1.807) is 11.3 Å². The lowest BCUT2D eigenvalue weighted by Gasteiger charge is -2.23. The van der Waals surface area contributed by atoms with Gasteiger partial charge in [0.15, 0.2) is 0 Å². The van der Waals surface area contributed by atoms with Crippen molar-refractivity contribution >= 4 is 11.3 Å². The average molecular weight is 265 g/mol. The van der Waals surface area contributed by atoms with E-state index < -0.39 is 0 Å². The molecule has 2 unspecified atom stereocenters. The SMILES string of the molecule is CC(C)(C)c1csc(CC(O)C2CC=CCC2)n1. The third-order valence-electron chi connectivity index (χ3n) is 3.56. The van der Waals surface area contributed by atoms with Gasteiger partial charge in [-0.15, -0.1) is 11.3 Å². The van der Waals surface area contributed by atoms with E-state index in [9.17, 15) is 5.11 Å². The zero-order valence-corrected chi connectivity index (χ0v) is 12.3. The first kappa shape index (κ1) is 13.8. The van der Waals surface area contributed by atoms with Crippen LogP contribution in [0.5, 0.6) is 0 Å². The third-order valence-corrected chi connectivity index (χ3v) is 4.43. The van der Waals surface area contributed by atoms with Crippen LogP contribution in [-0.2, 0) is 11.8 Å². The van der Waals surface area contributed by atoms with Gasteiger partial charge in [0, 0.05) is 17.2 Å². The number of thiazole rings is 1. The highest BCUT2D eigenvalue weighted by Gasteiger charge is 2.22. The van der Waals surface area contributed by atoms with Crippen molar-refractivity contribution in [3.8, 4) is 0 Å². The highest BCUT2D eigenvalue weighted by Crippen LogP contribution is 2.27. The number of aromatic nitrogens is 1. The van der Waals surface area contributed by atoms with Crippen LogP contribution in [0.15, 0.2) is 17.5 Å². The molecule has 1 aliphatic carbocycles. The van der Waals surface area contributed by atoms with Crippen LogP contribution in [0.2, 0.25) is 0 Å². The Morgan fingerprint density at radius 1 is 1.44 bits per heavy atom. The van der Waals surface area contributed by atoms with Crippen LogP contribution >= 0.6 is 11.3 Å². The molecule has 100 valence electrons. The summed E-state index contributed by atoms with van der Waals surface area (Å²) in [5.74, 6) is 0.414. The number of hydrogen-bond donors (Lipinski definition) is 1. The van der Waals surface area contributed by atoms with Crippen LogP contribution in [0.3, 0.4) is 0 Å². The minimum Gasteiger partial charge on any atom is -0.392 e. The van der Waals surface area contributed by atoms with E-state index in [1.165, 1.54) is 0 Å². The maximum Gasteiger partial charge on any atom is 0.0954 e. The van der Waals surface area contributed by atoms with Crippen LogP contribution in [0.25, 0.3) is 0 Å². The van der Waals surface area contributed by atoms with Crippen LogP contribution < -0.4 is 0 Å². The van der Waals surface area contributed by atoms with Gasteiger partial charge in [-0.1, -0.05) is 32.9 Å². The number of hydrogen-bond acceptors (Lipinski definition) is 3. The van der Waals surface area contributed by atoms with E-state index in [1.807, 2.05) is 0 Å². The minimum absolute atomic E-state index is 0.104. The van der Waals surface area contributed by atoms with E-state index in [2.05, 4.69) is 43.3 Å². The van der Waals surface area contributed by atoms with Gasteiger partial charge in [-0.25, -0.2) is 4.98 Å². The third kappa shape index (κ3) is 3.42. The zero-order valence-electron chi connectivity index (χ0n) is 11.5. The number of aliphatic hydroxyl groups is 1. The summed E-state index contributed by atoms with van der Waals surface area (Å²) in [5, 5.41) is 13.5. The minimum atomic E-state index is -0.242. The Hall–Kier alpha value is -0.670. The fourth-order valence-electron chi connectivity index (χ4n) is 2.26. The first-order valence-electron chi connectivity index (χ1n) is 6.75.